The van der Waals surface area contributed by atoms with Crippen LogP contribution in [0.1, 0.15) is 17.0 Å². The molecule has 0 radical (unpaired) electrons. The van der Waals surface area contributed by atoms with Gasteiger partial charge in [0.1, 0.15) is 0 Å². The zero-order chi connectivity index (χ0) is 11.4. The quantitative estimate of drug-likeness (QED) is 0.932. The molecule has 1 atom stereocenters. The highest BCUT2D eigenvalue weighted by molar-refractivity contribution is 9.10. The van der Waals surface area contributed by atoms with Crippen LogP contribution in [0.15, 0.2) is 51.7 Å². The molecule has 3 heteroatoms. The van der Waals surface area contributed by atoms with Crippen molar-refractivity contribution in [2.45, 2.75) is 12.3 Å². The first-order valence-corrected chi connectivity index (χ1v) is 5.96. The number of aliphatic hydroxyl groups excluding tert-OH is 1. The van der Waals surface area contributed by atoms with Gasteiger partial charge in [0.15, 0.2) is 0 Å². The van der Waals surface area contributed by atoms with E-state index in [9.17, 15) is 5.11 Å². The molecule has 0 saturated carbocycles. The Labute approximate surface area is 103 Å². The number of aliphatic hydroxyl groups is 1. The van der Waals surface area contributed by atoms with E-state index in [0.717, 1.165) is 22.0 Å². The summed E-state index contributed by atoms with van der Waals surface area (Å²) in [4.78, 5) is 0. The van der Waals surface area contributed by atoms with Gasteiger partial charge in [0, 0.05) is 10.4 Å². The Balaban J connectivity index is 2.13. The SMILES string of the molecule is OCC(Cc1ccoc1)c1ccc(Br)cc1. The second-order valence-electron chi connectivity index (χ2n) is 3.77. The number of rotatable bonds is 4. The van der Waals surface area contributed by atoms with Crippen LogP contribution in [0.3, 0.4) is 0 Å². The predicted molar refractivity (Wildman–Crippen MR) is 66.4 cm³/mol. The van der Waals surface area contributed by atoms with Crippen LogP contribution in [-0.2, 0) is 6.42 Å². The Morgan fingerprint density at radius 2 is 1.94 bits per heavy atom. The molecule has 2 aromatic rings. The maximum atomic E-state index is 9.41. The molecule has 0 spiro atoms. The number of halogens is 1. The molecule has 0 fully saturated rings. The van der Waals surface area contributed by atoms with Gasteiger partial charge in [-0.05, 0) is 35.7 Å². The molecule has 0 saturated heterocycles. The Morgan fingerprint density at radius 1 is 1.19 bits per heavy atom. The topological polar surface area (TPSA) is 33.4 Å². The third kappa shape index (κ3) is 2.74. The summed E-state index contributed by atoms with van der Waals surface area (Å²) >= 11 is 3.40. The lowest BCUT2D eigenvalue weighted by Gasteiger charge is -2.13. The zero-order valence-electron chi connectivity index (χ0n) is 8.77. The van der Waals surface area contributed by atoms with Gasteiger partial charge in [0.25, 0.3) is 0 Å². The fourth-order valence-electron chi connectivity index (χ4n) is 1.72. The van der Waals surface area contributed by atoms with E-state index in [2.05, 4.69) is 15.9 Å². The van der Waals surface area contributed by atoms with Gasteiger partial charge in [-0.3, -0.25) is 0 Å². The fourth-order valence-corrected chi connectivity index (χ4v) is 1.98. The molecule has 16 heavy (non-hydrogen) atoms. The monoisotopic (exact) mass is 280 g/mol. The molecule has 0 aliphatic carbocycles. The number of furan rings is 1. The molecule has 0 amide bonds. The molecule has 1 aromatic carbocycles. The minimum Gasteiger partial charge on any atom is -0.472 e. The van der Waals surface area contributed by atoms with Crippen LogP contribution >= 0.6 is 15.9 Å². The van der Waals surface area contributed by atoms with Gasteiger partial charge in [-0.2, -0.15) is 0 Å². The van der Waals surface area contributed by atoms with Crippen molar-refractivity contribution >= 4 is 15.9 Å². The standard InChI is InChI=1S/C13H13BrO2/c14-13-3-1-11(2-4-13)12(8-15)7-10-5-6-16-9-10/h1-6,9,12,15H,7-8H2. The zero-order valence-corrected chi connectivity index (χ0v) is 10.4. The third-order valence-corrected chi connectivity index (χ3v) is 3.15. The van der Waals surface area contributed by atoms with E-state index < -0.39 is 0 Å². The van der Waals surface area contributed by atoms with E-state index in [1.54, 1.807) is 12.5 Å². The van der Waals surface area contributed by atoms with Gasteiger partial charge in [-0.25, -0.2) is 0 Å². The molecular formula is C13H13BrO2. The minimum absolute atomic E-state index is 0.130. The van der Waals surface area contributed by atoms with Crippen LogP contribution in [-0.4, -0.2) is 11.7 Å². The summed E-state index contributed by atoms with van der Waals surface area (Å²) in [5, 5.41) is 9.41. The van der Waals surface area contributed by atoms with Gasteiger partial charge in [0.05, 0.1) is 19.1 Å². The highest BCUT2D eigenvalue weighted by atomic mass is 79.9. The van der Waals surface area contributed by atoms with Crippen molar-refractivity contribution in [3.63, 3.8) is 0 Å². The lowest BCUT2D eigenvalue weighted by Crippen LogP contribution is -2.07. The maximum absolute atomic E-state index is 9.41. The molecule has 0 aliphatic heterocycles. The molecule has 1 aromatic heterocycles. The summed E-state index contributed by atoms with van der Waals surface area (Å²) in [5.74, 6) is 0.130. The number of hydrogen-bond donors (Lipinski definition) is 1. The van der Waals surface area contributed by atoms with Crippen molar-refractivity contribution in [1.82, 2.24) is 0 Å². The van der Waals surface area contributed by atoms with E-state index in [1.807, 2.05) is 30.3 Å². The summed E-state index contributed by atoms with van der Waals surface area (Å²) in [6.07, 6.45) is 4.18. The van der Waals surface area contributed by atoms with Crippen molar-refractivity contribution in [3.05, 3.63) is 58.5 Å². The van der Waals surface area contributed by atoms with Crippen LogP contribution in [0, 0.1) is 0 Å². The van der Waals surface area contributed by atoms with Crippen molar-refractivity contribution in [2.24, 2.45) is 0 Å². The summed E-state index contributed by atoms with van der Waals surface area (Å²) in [7, 11) is 0. The molecule has 0 bridgehead atoms. The normalized spacial score (nSPS) is 12.6. The van der Waals surface area contributed by atoms with Gasteiger partial charge in [-0.15, -0.1) is 0 Å². The smallest absolute Gasteiger partial charge is 0.0934 e. The summed E-state index contributed by atoms with van der Waals surface area (Å²) in [6.45, 7) is 0.146. The van der Waals surface area contributed by atoms with Gasteiger partial charge in [-0.1, -0.05) is 28.1 Å². The van der Waals surface area contributed by atoms with E-state index in [4.69, 9.17) is 4.42 Å². The maximum Gasteiger partial charge on any atom is 0.0934 e. The minimum atomic E-state index is 0.130. The highest BCUT2D eigenvalue weighted by Crippen LogP contribution is 2.22. The molecule has 0 aliphatic rings. The average molecular weight is 281 g/mol. The third-order valence-electron chi connectivity index (χ3n) is 2.62. The van der Waals surface area contributed by atoms with E-state index in [1.165, 1.54) is 0 Å². The van der Waals surface area contributed by atoms with E-state index >= 15 is 0 Å². The molecule has 84 valence electrons. The van der Waals surface area contributed by atoms with Crippen LogP contribution in [0.5, 0.6) is 0 Å². The van der Waals surface area contributed by atoms with E-state index in [0.29, 0.717) is 0 Å². The van der Waals surface area contributed by atoms with Crippen molar-refractivity contribution in [2.75, 3.05) is 6.61 Å². The summed E-state index contributed by atoms with van der Waals surface area (Å²) in [6, 6.07) is 9.98. The largest absolute Gasteiger partial charge is 0.472 e. The average Bonchev–Trinajstić information content (AvgIpc) is 2.80. The van der Waals surface area contributed by atoms with Gasteiger partial charge < -0.3 is 9.52 Å². The Morgan fingerprint density at radius 3 is 2.50 bits per heavy atom. The van der Waals surface area contributed by atoms with Crippen LogP contribution in [0.25, 0.3) is 0 Å². The number of hydrogen-bond acceptors (Lipinski definition) is 2. The summed E-state index contributed by atoms with van der Waals surface area (Å²) < 4.78 is 6.08. The molecule has 1 heterocycles. The molecular weight excluding hydrogens is 268 g/mol. The van der Waals surface area contributed by atoms with Crippen LogP contribution in [0.2, 0.25) is 0 Å². The molecule has 2 nitrogen and oxygen atoms in total. The lowest BCUT2D eigenvalue weighted by molar-refractivity contribution is 0.264. The molecule has 1 unspecified atom stereocenters. The molecule has 2 rings (SSSR count). The van der Waals surface area contributed by atoms with Crippen molar-refractivity contribution < 1.29 is 9.52 Å². The summed E-state index contributed by atoms with van der Waals surface area (Å²) in [5.41, 5.74) is 2.26. The second kappa shape index (κ2) is 5.32. The highest BCUT2D eigenvalue weighted by Gasteiger charge is 2.11. The first kappa shape index (κ1) is 11.4. The Kier molecular flexibility index (Phi) is 3.80. The van der Waals surface area contributed by atoms with Crippen molar-refractivity contribution in [3.8, 4) is 0 Å². The Bertz CT molecular complexity index is 420. The van der Waals surface area contributed by atoms with Gasteiger partial charge >= 0.3 is 0 Å². The van der Waals surface area contributed by atoms with E-state index in [-0.39, 0.29) is 12.5 Å². The second-order valence-corrected chi connectivity index (χ2v) is 4.68. The lowest BCUT2D eigenvalue weighted by atomic mass is 9.94. The Hall–Kier alpha value is -1.06. The van der Waals surface area contributed by atoms with Crippen LogP contribution < -0.4 is 0 Å². The predicted octanol–water partition coefficient (Wildman–Crippen LogP) is 3.36. The molecule has 1 N–H and O–H groups in total. The van der Waals surface area contributed by atoms with Crippen LogP contribution in [0.4, 0.5) is 0 Å². The number of benzene rings is 1. The first-order valence-electron chi connectivity index (χ1n) is 5.17. The first-order chi connectivity index (χ1) is 7.79. The van der Waals surface area contributed by atoms with Gasteiger partial charge in [0.2, 0.25) is 0 Å². The fraction of sp³-hybridized carbons (Fsp3) is 0.231. The van der Waals surface area contributed by atoms with Crippen molar-refractivity contribution in [1.29, 1.82) is 0 Å².